The summed E-state index contributed by atoms with van der Waals surface area (Å²) in [4.78, 5) is 4.56. The molecule has 108 valence electrons. The van der Waals surface area contributed by atoms with E-state index >= 15 is 0 Å². The number of nitrogens with zero attached hydrogens (tertiary/aromatic N) is 3. The molecular weight excluding hydrogens is 252 g/mol. The van der Waals surface area contributed by atoms with Crippen LogP contribution in [0.2, 0.25) is 0 Å². The fraction of sp³-hybridized carbons (Fsp3) is 0.467. The molecule has 0 spiro atoms. The Labute approximate surface area is 120 Å². The zero-order chi connectivity index (χ0) is 14.5. The minimum atomic E-state index is 0.368. The van der Waals surface area contributed by atoms with Crippen molar-refractivity contribution in [1.29, 1.82) is 0 Å². The van der Waals surface area contributed by atoms with Gasteiger partial charge in [0.15, 0.2) is 5.75 Å². The van der Waals surface area contributed by atoms with E-state index in [1.54, 1.807) is 6.20 Å². The predicted molar refractivity (Wildman–Crippen MR) is 79.1 cm³/mol. The first-order chi connectivity index (χ1) is 9.62. The van der Waals surface area contributed by atoms with Gasteiger partial charge in [0.2, 0.25) is 5.88 Å². The van der Waals surface area contributed by atoms with Crippen LogP contribution in [0.1, 0.15) is 37.9 Å². The van der Waals surface area contributed by atoms with E-state index in [0.717, 1.165) is 24.5 Å². The Kier molecular flexibility index (Phi) is 4.74. The summed E-state index contributed by atoms with van der Waals surface area (Å²) in [7, 11) is 1.93. The second kappa shape index (κ2) is 6.52. The summed E-state index contributed by atoms with van der Waals surface area (Å²) in [6.45, 7) is 7.93. The van der Waals surface area contributed by atoms with E-state index in [2.05, 4.69) is 35.3 Å². The lowest BCUT2D eigenvalue weighted by Crippen LogP contribution is -2.07. The zero-order valence-corrected chi connectivity index (χ0v) is 12.6. The molecule has 0 aliphatic carbocycles. The lowest BCUT2D eigenvalue weighted by molar-refractivity contribution is 0.457. The molecule has 5 heteroatoms. The first-order valence-electron chi connectivity index (χ1n) is 6.98. The molecule has 0 aromatic carbocycles. The average molecular weight is 274 g/mol. The molecular formula is C15H22N4O. The maximum Gasteiger partial charge on any atom is 0.219 e. The van der Waals surface area contributed by atoms with E-state index in [1.165, 1.54) is 5.56 Å². The standard InChI is InChI=1S/C15H22N4O/c1-5-19-10-13(9-17-19)20-15-7-12(8-16-4)6-14(18-15)11(2)3/h6-7,9-11,16H,5,8H2,1-4H3. The summed E-state index contributed by atoms with van der Waals surface area (Å²) in [6.07, 6.45) is 3.59. The van der Waals surface area contributed by atoms with Crippen molar-refractivity contribution in [2.24, 2.45) is 0 Å². The normalized spacial score (nSPS) is 11.1. The quantitative estimate of drug-likeness (QED) is 0.880. The van der Waals surface area contributed by atoms with Gasteiger partial charge in [-0.05, 0) is 31.5 Å². The molecule has 0 bridgehead atoms. The zero-order valence-electron chi connectivity index (χ0n) is 12.6. The largest absolute Gasteiger partial charge is 0.436 e. The van der Waals surface area contributed by atoms with Gasteiger partial charge in [-0.25, -0.2) is 4.98 Å². The van der Waals surface area contributed by atoms with Crippen LogP contribution in [-0.4, -0.2) is 21.8 Å². The smallest absolute Gasteiger partial charge is 0.219 e. The molecule has 2 aromatic rings. The highest BCUT2D eigenvalue weighted by atomic mass is 16.5. The summed E-state index contributed by atoms with van der Waals surface area (Å²) in [5, 5.41) is 7.35. The Morgan fingerprint density at radius 3 is 2.75 bits per heavy atom. The number of pyridine rings is 1. The topological polar surface area (TPSA) is 52.0 Å². The molecule has 0 saturated heterocycles. The van der Waals surface area contributed by atoms with E-state index in [1.807, 2.05) is 30.9 Å². The summed E-state index contributed by atoms with van der Waals surface area (Å²) in [5.41, 5.74) is 2.21. The summed E-state index contributed by atoms with van der Waals surface area (Å²) in [6, 6.07) is 4.08. The minimum Gasteiger partial charge on any atom is -0.436 e. The van der Waals surface area contributed by atoms with Gasteiger partial charge >= 0.3 is 0 Å². The van der Waals surface area contributed by atoms with Crippen LogP contribution in [0.15, 0.2) is 24.5 Å². The molecule has 0 aliphatic heterocycles. The monoisotopic (exact) mass is 274 g/mol. The number of hydrogen-bond donors (Lipinski definition) is 1. The number of aryl methyl sites for hydroxylation is 1. The molecule has 2 heterocycles. The number of aromatic nitrogens is 3. The Morgan fingerprint density at radius 1 is 1.35 bits per heavy atom. The molecule has 0 amide bonds. The van der Waals surface area contributed by atoms with Crippen LogP contribution in [0.4, 0.5) is 0 Å². The van der Waals surface area contributed by atoms with Crippen molar-refractivity contribution in [3.63, 3.8) is 0 Å². The molecule has 0 unspecified atom stereocenters. The molecule has 1 N–H and O–H groups in total. The Morgan fingerprint density at radius 2 is 2.15 bits per heavy atom. The number of ether oxygens (including phenoxy) is 1. The van der Waals surface area contributed by atoms with E-state index in [0.29, 0.717) is 11.8 Å². The fourth-order valence-electron chi connectivity index (χ4n) is 1.93. The van der Waals surface area contributed by atoms with E-state index in [-0.39, 0.29) is 0 Å². The minimum absolute atomic E-state index is 0.368. The summed E-state index contributed by atoms with van der Waals surface area (Å²) < 4.78 is 7.65. The first-order valence-corrected chi connectivity index (χ1v) is 6.98. The number of nitrogens with one attached hydrogen (secondary N) is 1. The lowest BCUT2D eigenvalue weighted by atomic mass is 10.1. The van der Waals surface area contributed by atoms with Crippen LogP contribution in [0.3, 0.4) is 0 Å². The highest BCUT2D eigenvalue weighted by Gasteiger charge is 2.08. The summed E-state index contributed by atoms with van der Waals surface area (Å²) >= 11 is 0. The van der Waals surface area contributed by atoms with Crippen LogP contribution in [0.25, 0.3) is 0 Å². The van der Waals surface area contributed by atoms with Crippen molar-refractivity contribution in [3.05, 3.63) is 35.8 Å². The Balaban J connectivity index is 2.25. The molecule has 5 nitrogen and oxygen atoms in total. The van der Waals surface area contributed by atoms with Gasteiger partial charge in [0, 0.05) is 24.8 Å². The third kappa shape index (κ3) is 3.57. The van der Waals surface area contributed by atoms with Crippen molar-refractivity contribution in [3.8, 4) is 11.6 Å². The van der Waals surface area contributed by atoms with Crippen LogP contribution >= 0.6 is 0 Å². The molecule has 2 aromatic heterocycles. The van der Waals surface area contributed by atoms with Crippen molar-refractivity contribution in [2.45, 2.75) is 39.8 Å². The number of hydrogen-bond acceptors (Lipinski definition) is 4. The van der Waals surface area contributed by atoms with Gasteiger partial charge in [-0.2, -0.15) is 5.10 Å². The third-order valence-corrected chi connectivity index (χ3v) is 3.01. The van der Waals surface area contributed by atoms with E-state index in [4.69, 9.17) is 4.74 Å². The Bertz CT molecular complexity index is 563. The molecule has 0 atom stereocenters. The van der Waals surface area contributed by atoms with Crippen LogP contribution in [-0.2, 0) is 13.1 Å². The first kappa shape index (κ1) is 14.5. The number of rotatable bonds is 6. The van der Waals surface area contributed by atoms with Gasteiger partial charge in [-0.15, -0.1) is 0 Å². The van der Waals surface area contributed by atoms with Crippen molar-refractivity contribution < 1.29 is 4.74 Å². The Hall–Kier alpha value is -1.88. The van der Waals surface area contributed by atoms with E-state index < -0.39 is 0 Å². The van der Waals surface area contributed by atoms with Crippen LogP contribution in [0.5, 0.6) is 11.6 Å². The van der Waals surface area contributed by atoms with Crippen molar-refractivity contribution in [2.75, 3.05) is 7.05 Å². The van der Waals surface area contributed by atoms with Gasteiger partial charge in [0.1, 0.15) is 0 Å². The molecule has 0 saturated carbocycles. The SMILES string of the molecule is CCn1cc(Oc2cc(CNC)cc(C(C)C)n2)cn1. The van der Waals surface area contributed by atoms with E-state index in [9.17, 15) is 0 Å². The van der Waals surface area contributed by atoms with Crippen molar-refractivity contribution >= 4 is 0 Å². The van der Waals surface area contributed by atoms with Gasteiger partial charge in [-0.1, -0.05) is 13.8 Å². The maximum absolute atomic E-state index is 5.82. The predicted octanol–water partition coefficient (Wildman–Crippen LogP) is 2.93. The molecule has 20 heavy (non-hydrogen) atoms. The molecule has 2 rings (SSSR count). The molecule has 0 radical (unpaired) electrons. The molecule has 0 aliphatic rings. The van der Waals surface area contributed by atoms with Gasteiger partial charge in [0.05, 0.1) is 12.4 Å². The van der Waals surface area contributed by atoms with Crippen LogP contribution in [0, 0.1) is 0 Å². The van der Waals surface area contributed by atoms with Gasteiger partial charge < -0.3 is 10.1 Å². The van der Waals surface area contributed by atoms with Gasteiger partial charge in [-0.3, -0.25) is 4.68 Å². The summed E-state index contributed by atoms with van der Waals surface area (Å²) in [5.74, 6) is 1.71. The van der Waals surface area contributed by atoms with Crippen LogP contribution < -0.4 is 10.1 Å². The van der Waals surface area contributed by atoms with Gasteiger partial charge in [0.25, 0.3) is 0 Å². The highest BCUT2D eigenvalue weighted by Crippen LogP contribution is 2.23. The second-order valence-corrected chi connectivity index (χ2v) is 5.06. The second-order valence-electron chi connectivity index (χ2n) is 5.06. The molecule has 0 fully saturated rings. The third-order valence-electron chi connectivity index (χ3n) is 3.01. The van der Waals surface area contributed by atoms with Crippen molar-refractivity contribution in [1.82, 2.24) is 20.1 Å². The lowest BCUT2D eigenvalue weighted by Gasteiger charge is -2.11. The maximum atomic E-state index is 5.82. The average Bonchev–Trinajstić information content (AvgIpc) is 2.86. The fourth-order valence-corrected chi connectivity index (χ4v) is 1.93. The highest BCUT2D eigenvalue weighted by molar-refractivity contribution is 5.29.